The van der Waals surface area contributed by atoms with E-state index in [0.717, 1.165) is 50.5 Å². The van der Waals surface area contributed by atoms with Crippen LogP contribution in [-0.4, -0.2) is 5.11 Å². The molecule has 0 unspecified atom stereocenters. The molecule has 10 aromatic carbocycles. The Bertz CT molecular complexity index is 3040. The Morgan fingerprint density at radius 3 is 1.40 bits per heavy atom. The largest absolute Gasteiger partial charge is 0.384 e. The van der Waals surface area contributed by atoms with E-state index in [1.54, 1.807) is 0 Å². The van der Waals surface area contributed by atoms with Crippen molar-refractivity contribution in [3.63, 3.8) is 0 Å². The second kappa shape index (κ2) is 12.6. The average molecular weight is 702 g/mol. The van der Waals surface area contributed by atoms with Crippen molar-refractivity contribution in [2.45, 2.75) is 6.10 Å². The van der Waals surface area contributed by atoms with Crippen molar-refractivity contribution >= 4 is 82.6 Å². The molecule has 0 aliphatic heterocycles. The Labute approximate surface area is 319 Å². The van der Waals surface area contributed by atoms with E-state index in [2.05, 4.69) is 181 Å². The number of benzene rings is 10. The summed E-state index contributed by atoms with van der Waals surface area (Å²) in [4.78, 5) is 2.39. The predicted octanol–water partition coefficient (Wildman–Crippen LogP) is 13.9. The SMILES string of the molecule is OC1c2ccccc2C(=Cc2ccc3c4ccc(N(c5ccc6ccccc6c5)c5ccc6ccccc6c5)cc4c4ccccc4c3c2)c2ccccc21. The monoisotopic (exact) mass is 701 g/mol. The maximum absolute atomic E-state index is 11.3. The zero-order valence-corrected chi connectivity index (χ0v) is 30.0. The molecule has 0 saturated heterocycles. The molecule has 0 heterocycles. The number of nitrogens with zero attached hydrogens (tertiary/aromatic N) is 1. The van der Waals surface area contributed by atoms with E-state index in [9.17, 15) is 5.11 Å². The first-order valence-corrected chi connectivity index (χ1v) is 18.9. The van der Waals surface area contributed by atoms with Gasteiger partial charge in [-0.1, -0.05) is 152 Å². The molecule has 258 valence electrons. The first-order chi connectivity index (χ1) is 27.2. The van der Waals surface area contributed by atoms with Crippen LogP contribution in [0, 0.1) is 0 Å². The zero-order chi connectivity index (χ0) is 36.5. The molecule has 0 spiro atoms. The number of rotatable bonds is 4. The Kier molecular flexibility index (Phi) is 7.20. The fourth-order valence-corrected chi connectivity index (χ4v) is 8.87. The van der Waals surface area contributed by atoms with Crippen LogP contribution < -0.4 is 4.90 Å². The summed E-state index contributed by atoms with van der Waals surface area (Å²) in [5.41, 5.74) is 9.66. The van der Waals surface area contributed by atoms with Gasteiger partial charge in [0.1, 0.15) is 6.10 Å². The summed E-state index contributed by atoms with van der Waals surface area (Å²) < 4.78 is 0. The Morgan fingerprint density at radius 2 is 0.800 bits per heavy atom. The van der Waals surface area contributed by atoms with Crippen molar-refractivity contribution in [2.24, 2.45) is 0 Å². The standard InChI is InChI=1S/C53H35NO/c55-53-48-19-9-7-17-44(48)51(45-18-8-10-20-49(45)53)30-34-21-27-46-47-28-26-41(33-52(47)43-16-6-5-15-42(43)50(46)29-34)54(39-24-22-35-11-1-3-13-37(35)31-39)40-25-23-36-12-2-4-14-38(36)32-40/h1-33,53,55H. The molecule has 0 fully saturated rings. The van der Waals surface area contributed by atoms with Crippen LogP contribution >= 0.6 is 0 Å². The zero-order valence-electron chi connectivity index (χ0n) is 30.0. The molecule has 55 heavy (non-hydrogen) atoms. The smallest absolute Gasteiger partial charge is 0.105 e. The molecule has 1 aliphatic rings. The van der Waals surface area contributed by atoms with Gasteiger partial charge in [0.05, 0.1) is 0 Å². The van der Waals surface area contributed by atoms with Crippen LogP contribution in [0.4, 0.5) is 17.1 Å². The molecule has 1 aliphatic carbocycles. The lowest BCUT2D eigenvalue weighted by Crippen LogP contribution is -2.12. The molecule has 0 atom stereocenters. The third-order valence-corrected chi connectivity index (χ3v) is 11.5. The van der Waals surface area contributed by atoms with Gasteiger partial charge in [0.15, 0.2) is 0 Å². The number of aliphatic hydroxyl groups is 1. The van der Waals surface area contributed by atoms with Gasteiger partial charge in [0.2, 0.25) is 0 Å². The van der Waals surface area contributed by atoms with Gasteiger partial charge in [-0.05, 0) is 136 Å². The second-order valence-corrected chi connectivity index (χ2v) is 14.6. The molecule has 0 saturated carbocycles. The fourth-order valence-electron chi connectivity index (χ4n) is 8.87. The first-order valence-electron chi connectivity index (χ1n) is 18.9. The fraction of sp³-hybridized carbons (Fsp3) is 0.0189. The molecular formula is C53H35NO. The van der Waals surface area contributed by atoms with Gasteiger partial charge >= 0.3 is 0 Å². The van der Waals surface area contributed by atoms with Gasteiger partial charge in [-0.2, -0.15) is 0 Å². The van der Waals surface area contributed by atoms with Crippen molar-refractivity contribution in [3.8, 4) is 0 Å². The van der Waals surface area contributed by atoms with Crippen molar-refractivity contribution < 1.29 is 5.11 Å². The number of fused-ring (bicyclic) bond motifs is 10. The van der Waals surface area contributed by atoms with E-state index in [1.807, 2.05) is 24.3 Å². The highest BCUT2D eigenvalue weighted by molar-refractivity contribution is 6.26. The molecule has 0 amide bonds. The number of aliphatic hydroxyl groups excluding tert-OH is 1. The summed E-state index contributed by atoms with van der Waals surface area (Å²) in [5, 5.41) is 23.5. The van der Waals surface area contributed by atoms with E-state index >= 15 is 0 Å². The molecule has 10 aromatic rings. The van der Waals surface area contributed by atoms with Gasteiger partial charge in [-0.3, -0.25) is 0 Å². The van der Waals surface area contributed by atoms with E-state index in [-0.39, 0.29) is 0 Å². The van der Waals surface area contributed by atoms with E-state index in [4.69, 9.17) is 0 Å². The highest BCUT2D eigenvalue weighted by Gasteiger charge is 2.26. The molecule has 2 nitrogen and oxygen atoms in total. The van der Waals surface area contributed by atoms with Crippen LogP contribution in [0.1, 0.15) is 33.9 Å². The third-order valence-electron chi connectivity index (χ3n) is 11.5. The Hall–Kier alpha value is -7.00. The second-order valence-electron chi connectivity index (χ2n) is 14.6. The molecular weight excluding hydrogens is 667 g/mol. The van der Waals surface area contributed by atoms with Crippen molar-refractivity contribution in [2.75, 3.05) is 4.90 Å². The summed E-state index contributed by atoms with van der Waals surface area (Å²) in [6.45, 7) is 0. The minimum Gasteiger partial charge on any atom is -0.384 e. The Morgan fingerprint density at radius 1 is 0.364 bits per heavy atom. The number of hydrogen-bond donors (Lipinski definition) is 1. The minimum atomic E-state index is -0.639. The van der Waals surface area contributed by atoms with Gasteiger partial charge in [0.25, 0.3) is 0 Å². The maximum atomic E-state index is 11.3. The highest BCUT2D eigenvalue weighted by atomic mass is 16.3. The van der Waals surface area contributed by atoms with Crippen LogP contribution in [0.15, 0.2) is 194 Å². The topological polar surface area (TPSA) is 23.5 Å². The van der Waals surface area contributed by atoms with Crippen LogP contribution in [0.3, 0.4) is 0 Å². The van der Waals surface area contributed by atoms with E-state index in [0.29, 0.717) is 0 Å². The van der Waals surface area contributed by atoms with Crippen molar-refractivity contribution in [3.05, 3.63) is 222 Å². The van der Waals surface area contributed by atoms with Crippen molar-refractivity contribution in [1.82, 2.24) is 0 Å². The van der Waals surface area contributed by atoms with E-state index in [1.165, 1.54) is 53.9 Å². The molecule has 0 radical (unpaired) electrons. The van der Waals surface area contributed by atoms with Gasteiger partial charge in [0, 0.05) is 17.1 Å². The molecule has 2 heteroatoms. The van der Waals surface area contributed by atoms with Crippen LogP contribution in [0.2, 0.25) is 0 Å². The van der Waals surface area contributed by atoms with Crippen LogP contribution in [0.5, 0.6) is 0 Å². The van der Waals surface area contributed by atoms with Gasteiger partial charge < -0.3 is 10.0 Å². The molecule has 11 rings (SSSR count). The summed E-state index contributed by atoms with van der Waals surface area (Å²) in [6, 6.07) is 69.8. The lowest BCUT2D eigenvalue weighted by Gasteiger charge is -2.27. The lowest BCUT2D eigenvalue weighted by molar-refractivity contribution is 0.218. The summed E-state index contributed by atoms with van der Waals surface area (Å²) >= 11 is 0. The highest BCUT2D eigenvalue weighted by Crippen LogP contribution is 2.45. The van der Waals surface area contributed by atoms with Crippen molar-refractivity contribution in [1.29, 1.82) is 0 Å². The third kappa shape index (κ3) is 5.15. The normalized spacial score (nSPS) is 13.7. The Balaban J connectivity index is 1.11. The summed E-state index contributed by atoms with van der Waals surface area (Å²) in [6.07, 6.45) is 1.65. The van der Waals surface area contributed by atoms with Gasteiger partial charge in [-0.25, -0.2) is 0 Å². The molecule has 0 bridgehead atoms. The first kappa shape index (κ1) is 31.5. The maximum Gasteiger partial charge on any atom is 0.105 e. The van der Waals surface area contributed by atoms with Crippen LogP contribution in [-0.2, 0) is 0 Å². The predicted molar refractivity (Wildman–Crippen MR) is 233 cm³/mol. The van der Waals surface area contributed by atoms with Gasteiger partial charge in [-0.15, -0.1) is 0 Å². The number of hydrogen-bond acceptors (Lipinski definition) is 2. The minimum absolute atomic E-state index is 0.639. The summed E-state index contributed by atoms with van der Waals surface area (Å²) in [7, 11) is 0. The number of anilines is 3. The molecule has 0 aromatic heterocycles. The average Bonchev–Trinajstić information content (AvgIpc) is 3.25. The molecule has 1 N–H and O–H groups in total. The summed E-state index contributed by atoms with van der Waals surface area (Å²) in [5.74, 6) is 0. The van der Waals surface area contributed by atoms with E-state index < -0.39 is 6.10 Å². The quantitative estimate of drug-likeness (QED) is 0.185. The lowest BCUT2D eigenvalue weighted by atomic mass is 9.79. The van der Waals surface area contributed by atoms with Crippen LogP contribution in [0.25, 0.3) is 65.5 Å².